The predicted octanol–water partition coefficient (Wildman–Crippen LogP) is 4.48. The molecular weight excluding hydrogens is 434 g/mol. The van der Waals surface area contributed by atoms with Gasteiger partial charge in [-0.1, -0.05) is 42.1 Å². The molecule has 33 heavy (non-hydrogen) atoms. The van der Waals surface area contributed by atoms with Crippen LogP contribution < -0.4 is 5.56 Å². The first kappa shape index (κ1) is 22.8. The van der Waals surface area contributed by atoms with E-state index in [1.165, 1.54) is 11.8 Å². The molecule has 0 fully saturated rings. The van der Waals surface area contributed by atoms with Crippen molar-refractivity contribution < 1.29 is 4.74 Å². The number of fused-ring (bicyclic) bond motifs is 1. The number of nitrogens with zero attached hydrogens (tertiary/aromatic N) is 5. The van der Waals surface area contributed by atoms with Crippen molar-refractivity contribution in [1.29, 1.82) is 5.26 Å². The largest absolute Gasteiger partial charge is 0.382 e. The van der Waals surface area contributed by atoms with Crippen molar-refractivity contribution in [3.05, 3.63) is 81.9 Å². The Morgan fingerprint density at radius 2 is 1.88 bits per heavy atom. The van der Waals surface area contributed by atoms with Gasteiger partial charge in [0.05, 0.1) is 33.5 Å². The highest BCUT2D eigenvalue weighted by atomic mass is 32.2. The van der Waals surface area contributed by atoms with Gasteiger partial charge in [-0.25, -0.2) is 9.67 Å². The van der Waals surface area contributed by atoms with Crippen LogP contribution in [-0.4, -0.2) is 32.5 Å². The van der Waals surface area contributed by atoms with Crippen molar-refractivity contribution in [3.63, 3.8) is 0 Å². The van der Waals surface area contributed by atoms with Crippen molar-refractivity contribution in [2.45, 2.75) is 37.7 Å². The molecule has 0 aliphatic heterocycles. The van der Waals surface area contributed by atoms with Crippen LogP contribution in [0.2, 0.25) is 0 Å². The molecule has 8 heteroatoms. The fourth-order valence-electron chi connectivity index (χ4n) is 3.69. The first-order valence-electron chi connectivity index (χ1n) is 10.9. The van der Waals surface area contributed by atoms with E-state index < -0.39 is 0 Å². The second-order valence-electron chi connectivity index (χ2n) is 7.47. The van der Waals surface area contributed by atoms with Crippen molar-refractivity contribution in [1.82, 2.24) is 19.3 Å². The highest BCUT2D eigenvalue weighted by molar-refractivity contribution is 7.98. The quantitative estimate of drug-likeness (QED) is 0.208. The maximum absolute atomic E-state index is 13.2. The van der Waals surface area contributed by atoms with Crippen LogP contribution in [-0.2, 0) is 17.0 Å². The number of aromatic nitrogens is 4. The van der Waals surface area contributed by atoms with E-state index in [9.17, 15) is 10.1 Å². The zero-order chi connectivity index (χ0) is 23.2. The summed E-state index contributed by atoms with van der Waals surface area (Å²) in [6, 6.07) is 19.4. The zero-order valence-corrected chi connectivity index (χ0v) is 19.5. The smallest absolute Gasteiger partial charge is 0.262 e. The van der Waals surface area contributed by atoms with E-state index in [-0.39, 0.29) is 5.56 Å². The van der Waals surface area contributed by atoms with Crippen LogP contribution in [0.5, 0.6) is 0 Å². The summed E-state index contributed by atoms with van der Waals surface area (Å²) in [5.74, 6) is 0.453. The van der Waals surface area contributed by atoms with Crippen LogP contribution in [0.25, 0.3) is 16.6 Å². The van der Waals surface area contributed by atoms with Gasteiger partial charge >= 0.3 is 0 Å². The van der Waals surface area contributed by atoms with E-state index in [4.69, 9.17) is 9.72 Å². The molecule has 0 radical (unpaired) electrons. The minimum Gasteiger partial charge on any atom is -0.382 e. The lowest BCUT2D eigenvalue weighted by Gasteiger charge is -2.14. The molecule has 7 nitrogen and oxygen atoms in total. The molecule has 4 rings (SSSR count). The summed E-state index contributed by atoms with van der Waals surface area (Å²) in [6.45, 7) is 5.53. The molecule has 0 saturated carbocycles. The van der Waals surface area contributed by atoms with Crippen LogP contribution in [0, 0.1) is 18.3 Å². The average molecular weight is 460 g/mol. The molecule has 0 N–H and O–H groups in total. The highest BCUT2D eigenvalue weighted by Gasteiger charge is 2.19. The fraction of sp³-hybridized carbons (Fsp3) is 0.280. The molecule has 0 unspecified atom stereocenters. The highest BCUT2D eigenvalue weighted by Crippen LogP contribution is 2.27. The topological polar surface area (TPSA) is 85.7 Å². The van der Waals surface area contributed by atoms with Crippen LogP contribution in [0.3, 0.4) is 0 Å². The van der Waals surface area contributed by atoms with Gasteiger partial charge < -0.3 is 4.74 Å². The number of ether oxygens (including phenoxy) is 1. The molecule has 0 spiro atoms. The van der Waals surface area contributed by atoms with E-state index in [0.29, 0.717) is 59.2 Å². The molecule has 0 aliphatic carbocycles. The second-order valence-corrected chi connectivity index (χ2v) is 8.42. The third-order valence-electron chi connectivity index (χ3n) is 5.31. The molecule has 168 valence electrons. The van der Waals surface area contributed by atoms with Crippen LogP contribution in [0.1, 0.15) is 30.3 Å². The Bertz CT molecular complexity index is 1360. The van der Waals surface area contributed by atoms with Crippen LogP contribution >= 0.6 is 11.8 Å². The Hall–Kier alpha value is -3.41. The number of aryl methyl sites for hydroxylation is 1. The lowest BCUT2D eigenvalue weighted by Crippen LogP contribution is -2.24. The van der Waals surface area contributed by atoms with E-state index in [1.54, 1.807) is 15.3 Å². The number of hydrogen-bond donors (Lipinski definition) is 0. The molecular formula is C25H25N5O2S. The summed E-state index contributed by atoms with van der Waals surface area (Å²) < 4.78 is 8.98. The summed E-state index contributed by atoms with van der Waals surface area (Å²) >= 11 is 1.44. The lowest BCUT2D eigenvalue weighted by molar-refractivity contribution is 0.140. The maximum atomic E-state index is 13.2. The molecule has 2 aromatic heterocycles. The lowest BCUT2D eigenvalue weighted by atomic mass is 10.2. The van der Waals surface area contributed by atoms with Gasteiger partial charge in [0.25, 0.3) is 5.56 Å². The molecule has 0 amide bonds. The van der Waals surface area contributed by atoms with Gasteiger partial charge in [-0.2, -0.15) is 10.4 Å². The van der Waals surface area contributed by atoms with Crippen LogP contribution in [0.15, 0.2) is 64.5 Å². The molecule has 2 heterocycles. The van der Waals surface area contributed by atoms with E-state index in [0.717, 1.165) is 11.4 Å². The second kappa shape index (κ2) is 10.5. The van der Waals surface area contributed by atoms with E-state index in [1.807, 2.05) is 62.4 Å². The standard InChI is InChI=1S/C25H25N5O2S/c1-3-32-15-9-14-29-24(31)20-12-7-8-13-22(20)27-25(29)33-17-23-21(16-26)18(2)28-30(23)19-10-5-4-6-11-19/h4-8,10-13H,3,9,14-15,17H2,1-2H3. The molecule has 0 atom stereocenters. The Balaban J connectivity index is 1.71. The van der Waals surface area contributed by atoms with Crippen molar-refractivity contribution >= 4 is 22.7 Å². The molecule has 4 aromatic rings. The van der Waals surface area contributed by atoms with Gasteiger partial charge in [-0.15, -0.1) is 0 Å². The van der Waals surface area contributed by atoms with Gasteiger partial charge in [0.2, 0.25) is 0 Å². The summed E-state index contributed by atoms with van der Waals surface area (Å²) in [4.78, 5) is 18.0. The van der Waals surface area contributed by atoms with E-state index in [2.05, 4.69) is 11.2 Å². The minimum atomic E-state index is -0.0622. The Morgan fingerprint density at radius 3 is 2.64 bits per heavy atom. The van der Waals surface area contributed by atoms with E-state index >= 15 is 0 Å². The van der Waals surface area contributed by atoms with Gasteiger partial charge in [0.1, 0.15) is 6.07 Å². The third-order valence-corrected chi connectivity index (χ3v) is 6.30. The number of nitriles is 1. The Labute approximate surface area is 196 Å². The maximum Gasteiger partial charge on any atom is 0.262 e. The number of benzene rings is 2. The monoisotopic (exact) mass is 459 g/mol. The SMILES string of the molecule is CCOCCCn1c(SCc2c(C#N)c(C)nn2-c2ccccc2)nc2ccccc2c1=O. The predicted molar refractivity (Wildman–Crippen MR) is 130 cm³/mol. The first-order chi connectivity index (χ1) is 16.1. The van der Waals surface area contributed by atoms with Crippen molar-refractivity contribution in [2.24, 2.45) is 0 Å². The molecule has 2 aromatic carbocycles. The number of hydrogen-bond acceptors (Lipinski definition) is 6. The van der Waals surface area contributed by atoms with Gasteiger partial charge in [-0.05, 0) is 44.5 Å². The summed E-state index contributed by atoms with van der Waals surface area (Å²) in [6.07, 6.45) is 0.714. The van der Waals surface area contributed by atoms with Crippen LogP contribution in [0.4, 0.5) is 0 Å². The van der Waals surface area contributed by atoms with Crippen molar-refractivity contribution in [2.75, 3.05) is 13.2 Å². The number of rotatable bonds is 9. The summed E-state index contributed by atoms with van der Waals surface area (Å²) in [7, 11) is 0. The number of thioether (sulfide) groups is 1. The van der Waals surface area contributed by atoms with Crippen molar-refractivity contribution in [3.8, 4) is 11.8 Å². The molecule has 0 saturated heterocycles. The third kappa shape index (κ3) is 4.85. The summed E-state index contributed by atoms with van der Waals surface area (Å²) in [5.41, 5.74) is 3.51. The van der Waals surface area contributed by atoms with Gasteiger partial charge in [0, 0.05) is 25.5 Å². The normalized spacial score (nSPS) is 11.1. The fourth-order valence-corrected chi connectivity index (χ4v) is 4.72. The first-order valence-corrected chi connectivity index (χ1v) is 11.9. The minimum absolute atomic E-state index is 0.0622. The Morgan fingerprint density at radius 1 is 1.12 bits per heavy atom. The average Bonchev–Trinajstić information content (AvgIpc) is 3.17. The van der Waals surface area contributed by atoms with Gasteiger partial charge in [0.15, 0.2) is 5.16 Å². The molecule has 0 aliphatic rings. The zero-order valence-electron chi connectivity index (χ0n) is 18.7. The molecule has 0 bridgehead atoms. The van der Waals surface area contributed by atoms with Gasteiger partial charge in [-0.3, -0.25) is 9.36 Å². The Kier molecular flexibility index (Phi) is 7.23. The summed E-state index contributed by atoms with van der Waals surface area (Å²) in [5, 5.41) is 15.6. The number of para-hydroxylation sites is 2.